The van der Waals surface area contributed by atoms with Gasteiger partial charge >= 0.3 is 6.03 Å². The number of ether oxygens (including phenoxy) is 1. The average molecular weight is 348 g/mol. The van der Waals surface area contributed by atoms with Crippen LogP contribution in [-0.2, 0) is 0 Å². The predicted molar refractivity (Wildman–Crippen MR) is 88.7 cm³/mol. The van der Waals surface area contributed by atoms with E-state index in [1.807, 2.05) is 0 Å². The van der Waals surface area contributed by atoms with Crippen LogP contribution in [0.1, 0.15) is 12.8 Å². The highest BCUT2D eigenvalue weighted by Gasteiger charge is 2.28. The second-order valence-electron chi connectivity index (χ2n) is 5.81. The molecule has 0 aromatic heterocycles. The van der Waals surface area contributed by atoms with Crippen molar-refractivity contribution in [3.05, 3.63) is 54.1 Å². The summed E-state index contributed by atoms with van der Waals surface area (Å²) in [6, 6.07) is 8.94. The maximum absolute atomic E-state index is 13.3. The van der Waals surface area contributed by atoms with E-state index in [2.05, 4.69) is 5.32 Å². The van der Waals surface area contributed by atoms with Crippen LogP contribution in [0.15, 0.2) is 42.5 Å². The van der Waals surface area contributed by atoms with Crippen molar-refractivity contribution in [2.24, 2.45) is 0 Å². The molecule has 3 rings (SSSR count). The second kappa shape index (κ2) is 7.48. The molecule has 2 amide bonds. The summed E-state index contributed by atoms with van der Waals surface area (Å²) >= 11 is 0. The normalized spacial score (nSPS) is 16.8. The first-order valence-corrected chi connectivity index (χ1v) is 7.98. The average Bonchev–Trinajstić information content (AvgIpc) is 3.04. The molecule has 2 N–H and O–H groups in total. The highest BCUT2D eigenvalue weighted by atomic mass is 19.1. The molecule has 0 aliphatic carbocycles. The third kappa shape index (κ3) is 4.06. The Morgan fingerprint density at radius 1 is 1.24 bits per heavy atom. The van der Waals surface area contributed by atoms with E-state index in [4.69, 9.17) is 4.74 Å². The third-order valence-electron chi connectivity index (χ3n) is 4.04. The van der Waals surface area contributed by atoms with Crippen LogP contribution in [0.2, 0.25) is 0 Å². The van der Waals surface area contributed by atoms with E-state index in [1.165, 1.54) is 0 Å². The first-order valence-electron chi connectivity index (χ1n) is 7.98. The molecule has 2 aromatic carbocycles. The van der Waals surface area contributed by atoms with Gasteiger partial charge in [0.15, 0.2) is 5.75 Å². The van der Waals surface area contributed by atoms with Crippen molar-refractivity contribution in [3.63, 3.8) is 0 Å². The van der Waals surface area contributed by atoms with Crippen molar-refractivity contribution >= 4 is 11.7 Å². The number of nitrogens with one attached hydrogen (secondary N) is 1. The maximum Gasteiger partial charge on any atom is 0.322 e. The van der Waals surface area contributed by atoms with Gasteiger partial charge in [0.25, 0.3) is 0 Å². The zero-order valence-corrected chi connectivity index (χ0v) is 13.4. The number of rotatable bonds is 4. The molecule has 1 fully saturated rings. The van der Waals surface area contributed by atoms with Gasteiger partial charge in [-0.3, -0.25) is 0 Å². The van der Waals surface area contributed by atoms with Crippen molar-refractivity contribution in [1.29, 1.82) is 0 Å². The van der Waals surface area contributed by atoms with E-state index in [0.717, 1.165) is 31.0 Å². The molecule has 1 aliphatic rings. The molecule has 0 bridgehead atoms. The number of anilines is 1. The number of benzene rings is 2. The lowest BCUT2D eigenvalue weighted by atomic mass is 10.2. The fraction of sp³-hybridized carbons (Fsp3) is 0.278. The van der Waals surface area contributed by atoms with Gasteiger partial charge in [-0.25, -0.2) is 13.6 Å². The summed E-state index contributed by atoms with van der Waals surface area (Å²) in [5.41, 5.74) is 0.376. The largest absolute Gasteiger partial charge is 0.455 e. The van der Waals surface area contributed by atoms with Gasteiger partial charge in [-0.2, -0.15) is 0 Å². The second-order valence-corrected chi connectivity index (χ2v) is 5.81. The molecule has 132 valence electrons. The minimum Gasteiger partial charge on any atom is -0.455 e. The lowest BCUT2D eigenvalue weighted by Gasteiger charge is -2.24. The van der Waals surface area contributed by atoms with Crippen molar-refractivity contribution in [3.8, 4) is 11.5 Å². The Balaban J connectivity index is 1.78. The Morgan fingerprint density at radius 3 is 2.68 bits per heavy atom. The van der Waals surface area contributed by atoms with Crippen LogP contribution in [0.3, 0.4) is 0 Å². The molecule has 2 aromatic rings. The molecule has 0 saturated carbocycles. The van der Waals surface area contributed by atoms with E-state index in [-0.39, 0.29) is 30.2 Å². The van der Waals surface area contributed by atoms with Crippen molar-refractivity contribution in [2.75, 3.05) is 18.5 Å². The van der Waals surface area contributed by atoms with Crippen molar-refractivity contribution in [2.45, 2.75) is 18.9 Å². The monoisotopic (exact) mass is 348 g/mol. The minimum atomic E-state index is -0.751. The fourth-order valence-corrected chi connectivity index (χ4v) is 2.85. The summed E-state index contributed by atoms with van der Waals surface area (Å²) in [5.74, 6) is -1.24. The fourth-order valence-electron chi connectivity index (χ4n) is 2.85. The predicted octanol–water partition coefficient (Wildman–Crippen LogP) is 3.75. The number of aliphatic hydroxyl groups is 1. The zero-order valence-electron chi connectivity index (χ0n) is 13.4. The van der Waals surface area contributed by atoms with Crippen molar-refractivity contribution in [1.82, 2.24) is 4.90 Å². The number of hydrogen-bond acceptors (Lipinski definition) is 3. The molecule has 5 nitrogen and oxygen atoms in total. The molecule has 1 saturated heterocycles. The molecule has 1 atom stereocenters. The first-order chi connectivity index (χ1) is 12.1. The number of amides is 2. The molecular weight excluding hydrogens is 330 g/mol. The van der Waals surface area contributed by atoms with Gasteiger partial charge < -0.3 is 20.1 Å². The number of likely N-dealkylation sites (tertiary alicyclic amines) is 1. The van der Waals surface area contributed by atoms with Crippen LogP contribution in [0.5, 0.6) is 11.5 Å². The van der Waals surface area contributed by atoms with Crippen LogP contribution in [0.4, 0.5) is 19.3 Å². The molecule has 1 unspecified atom stereocenters. The summed E-state index contributed by atoms with van der Waals surface area (Å²) in [4.78, 5) is 14.0. The Morgan fingerprint density at radius 2 is 1.96 bits per heavy atom. The lowest BCUT2D eigenvalue weighted by molar-refractivity contribution is 0.166. The molecule has 1 aliphatic heterocycles. The number of carbonyl (C=O) groups excluding carboxylic acids is 1. The standard InChI is InChI=1S/C18H18F2N2O3/c19-12-8-13(20)10-15(9-12)25-17-6-2-1-5-16(17)21-18(24)22-7-3-4-14(22)11-23/h1-2,5-6,8-10,14,23H,3-4,7,11H2,(H,21,24). The van der Waals surface area contributed by atoms with Gasteiger partial charge in [0.2, 0.25) is 0 Å². The molecule has 0 spiro atoms. The van der Waals surface area contributed by atoms with Crippen LogP contribution in [-0.4, -0.2) is 35.2 Å². The summed E-state index contributed by atoms with van der Waals surface area (Å²) < 4.78 is 32.1. The Bertz CT molecular complexity index is 749. The Labute approximate surface area is 143 Å². The van der Waals surface area contributed by atoms with Gasteiger partial charge in [-0.1, -0.05) is 12.1 Å². The van der Waals surface area contributed by atoms with Crippen molar-refractivity contribution < 1.29 is 23.4 Å². The molecule has 1 heterocycles. The van der Waals surface area contributed by atoms with Gasteiger partial charge in [0.05, 0.1) is 18.3 Å². The van der Waals surface area contributed by atoms with Gasteiger partial charge in [0.1, 0.15) is 17.4 Å². The molecule has 7 heteroatoms. The smallest absolute Gasteiger partial charge is 0.322 e. The number of carbonyl (C=O) groups is 1. The third-order valence-corrected chi connectivity index (χ3v) is 4.04. The van der Waals surface area contributed by atoms with E-state index < -0.39 is 11.6 Å². The highest BCUT2D eigenvalue weighted by molar-refractivity contribution is 5.91. The van der Waals surface area contributed by atoms with Crippen LogP contribution >= 0.6 is 0 Å². The summed E-state index contributed by atoms with van der Waals surface area (Å²) in [5, 5.41) is 12.1. The topological polar surface area (TPSA) is 61.8 Å². The molecular formula is C18H18F2N2O3. The summed E-state index contributed by atoms with van der Waals surface area (Å²) in [6.07, 6.45) is 1.59. The van der Waals surface area contributed by atoms with Crippen LogP contribution < -0.4 is 10.1 Å². The van der Waals surface area contributed by atoms with E-state index >= 15 is 0 Å². The van der Waals surface area contributed by atoms with E-state index in [9.17, 15) is 18.7 Å². The Hall–Kier alpha value is -2.67. The van der Waals surface area contributed by atoms with E-state index in [1.54, 1.807) is 29.2 Å². The number of aliphatic hydroxyl groups excluding tert-OH is 1. The van der Waals surface area contributed by atoms with Gasteiger partial charge in [0, 0.05) is 24.7 Å². The Kier molecular flexibility index (Phi) is 5.14. The SMILES string of the molecule is O=C(Nc1ccccc1Oc1cc(F)cc(F)c1)N1CCCC1CO. The number of para-hydroxylation sites is 2. The van der Waals surface area contributed by atoms with Gasteiger partial charge in [-0.05, 0) is 25.0 Å². The quantitative estimate of drug-likeness (QED) is 0.885. The zero-order chi connectivity index (χ0) is 17.8. The summed E-state index contributed by atoms with van der Waals surface area (Å²) in [7, 11) is 0. The summed E-state index contributed by atoms with van der Waals surface area (Å²) in [6.45, 7) is 0.476. The number of halogens is 2. The maximum atomic E-state index is 13.3. The number of urea groups is 1. The number of hydrogen-bond donors (Lipinski definition) is 2. The molecule has 0 radical (unpaired) electrons. The van der Waals surface area contributed by atoms with E-state index in [0.29, 0.717) is 12.2 Å². The van der Waals surface area contributed by atoms with Crippen LogP contribution in [0, 0.1) is 11.6 Å². The highest BCUT2D eigenvalue weighted by Crippen LogP contribution is 2.31. The minimum absolute atomic E-state index is 0.00592. The lowest BCUT2D eigenvalue weighted by Crippen LogP contribution is -2.40. The van der Waals surface area contributed by atoms with Crippen LogP contribution in [0.25, 0.3) is 0 Å². The first kappa shape index (κ1) is 17.2. The number of nitrogens with zero attached hydrogens (tertiary/aromatic N) is 1. The molecule has 25 heavy (non-hydrogen) atoms. The van der Waals surface area contributed by atoms with Gasteiger partial charge in [-0.15, -0.1) is 0 Å².